The van der Waals surface area contributed by atoms with Gasteiger partial charge < -0.3 is 15.4 Å². The monoisotopic (exact) mass is 349 g/mol. The molecule has 7 nitrogen and oxygen atoms in total. The Morgan fingerprint density at radius 1 is 1.21 bits per heavy atom. The Hall–Kier alpha value is -2.61. The van der Waals surface area contributed by atoms with Crippen molar-refractivity contribution in [3.8, 4) is 5.75 Å². The summed E-state index contributed by atoms with van der Waals surface area (Å²) >= 11 is 0. The largest absolute Gasteiger partial charge is 0.492 e. The zero-order chi connectivity index (χ0) is 17.4. The summed E-state index contributed by atoms with van der Waals surface area (Å²) in [5.74, 6) is 0.433. The Morgan fingerprint density at radius 3 is 2.67 bits per heavy atom. The maximum Gasteiger partial charge on any atom is 0.319 e. The highest BCUT2D eigenvalue weighted by Gasteiger charge is 2.05. The van der Waals surface area contributed by atoms with Crippen molar-refractivity contribution in [1.29, 1.82) is 0 Å². The van der Waals surface area contributed by atoms with E-state index in [-0.39, 0.29) is 18.4 Å². The molecule has 2 amide bonds. The minimum Gasteiger partial charge on any atom is -0.492 e. The molecule has 0 aliphatic carbocycles. The van der Waals surface area contributed by atoms with E-state index < -0.39 is 9.84 Å². The summed E-state index contributed by atoms with van der Waals surface area (Å²) in [7, 11) is -3.07. The fraction of sp³-hybridized carbons (Fsp3) is 0.250. The molecule has 2 N–H and O–H groups in total. The molecule has 0 spiro atoms. The molecule has 24 heavy (non-hydrogen) atoms. The van der Waals surface area contributed by atoms with E-state index >= 15 is 0 Å². The van der Waals surface area contributed by atoms with E-state index in [0.717, 1.165) is 11.8 Å². The van der Waals surface area contributed by atoms with Gasteiger partial charge in [0.05, 0.1) is 5.75 Å². The van der Waals surface area contributed by atoms with Crippen molar-refractivity contribution < 1.29 is 17.9 Å². The fourth-order valence-electron chi connectivity index (χ4n) is 1.83. The zero-order valence-electron chi connectivity index (χ0n) is 13.2. The van der Waals surface area contributed by atoms with Gasteiger partial charge in [0, 0.05) is 36.9 Å². The number of rotatable bonds is 7. The number of anilines is 1. The molecule has 0 saturated heterocycles. The topological polar surface area (TPSA) is 97.4 Å². The number of amides is 2. The molecule has 0 aliphatic heterocycles. The molecule has 0 bridgehead atoms. The van der Waals surface area contributed by atoms with Gasteiger partial charge in [-0.1, -0.05) is 6.07 Å². The Labute approximate surface area is 141 Å². The van der Waals surface area contributed by atoms with Gasteiger partial charge in [-0.05, 0) is 29.8 Å². The molecule has 0 saturated carbocycles. The van der Waals surface area contributed by atoms with E-state index in [1.165, 1.54) is 0 Å². The standard InChI is InChI=1S/C16H19N3O4S/c1-24(21,22)10-9-23-15-4-2-3-14(11-15)19-16(20)18-12-13-5-7-17-8-6-13/h2-8,11H,9-10,12H2,1H3,(H2,18,19,20). The lowest BCUT2D eigenvalue weighted by molar-refractivity contribution is 0.251. The van der Waals surface area contributed by atoms with E-state index in [1.807, 2.05) is 12.1 Å². The molecule has 2 aromatic rings. The molecule has 0 fully saturated rings. The van der Waals surface area contributed by atoms with Crippen molar-refractivity contribution in [2.75, 3.05) is 23.9 Å². The van der Waals surface area contributed by atoms with Gasteiger partial charge in [0.15, 0.2) is 9.84 Å². The number of sulfone groups is 1. The van der Waals surface area contributed by atoms with Crippen LogP contribution in [0.3, 0.4) is 0 Å². The van der Waals surface area contributed by atoms with Gasteiger partial charge in [-0.3, -0.25) is 4.98 Å². The Kier molecular flexibility index (Phi) is 6.14. The minimum atomic E-state index is -3.07. The summed E-state index contributed by atoms with van der Waals surface area (Å²) in [5, 5.41) is 5.43. The molecule has 0 atom stereocenters. The zero-order valence-corrected chi connectivity index (χ0v) is 14.0. The van der Waals surface area contributed by atoms with Crippen molar-refractivity contribution in [2.45, 2.75) is 6.54 Å². The lowest BCUT2D eigenvalue weighted by Crippen LogP contribution is -2.28. The normalized spacial score (nSPS) is 10.9. The van der Waals surface area contributed by atoms with Gasteiger partial charge in [-0.15, -0.1) is 0 Å². The highest BCUT2D eigenvalue weighted by Crippen LogP contribution is 2.17. The van der Waals surface area contributed by atoms with Crippen LogP contribution >= 0.6 is 0 Å². The first-order valence-corrected chi connectivity index (χ1v) is 9.33. The molecule has 0 radical (unpaired) electrons. The molecule has 2 rings (SSSR count). The number of nitrogens with one attached hydrogen (secondary N) is 2. The van der Waals surface area contributed by atoms with Crippen LogP contribution < -0.4 is 15.4 Å². The highest BCUT2D eigenvalue weighted by atomic mass is 32.2. The second-order valence-electron chi connectivity index (χ2n) is 5.17. The van der Waals surface area contributed by atoms with E-state index in [1.54, 1.807) is 36.7 Å². The van der Waals surface area contributed by atoms with E-state index in [0.29, 0.717) is 18.0 Å². The summed E-state index contributed by atoms with van der Waals surface area (Å²) in [6, 6.07) is 10.0. The van der Waals surface area contributed by atoms with Crippen LogP contribution in [0.1, 0.15) is 5.56 Å². The average Bonchev–Trinajstić information content (AvgIpc) is 2.53. The van der Waals surface area contributed by atoms with Crippen LogP contribution in [0.25, 0.3) is 0 Å². The first-order chi connectivity index (χ1) is 11.4. The summed E-state index contributed by atoms with van der Waals surface area (Å²) in [4.78, 5) is 15.8. The molecule has 8 heteroatoms. The van der Waals surface area contributed by atoms with Crippen LogP contribution in [0.4, 0.5) is 10.5 Å². The van der Waals surface area contributed by atoms with Crippen LogP contribution in [0, 0.1) is 0 Å². The van der Waals surface area contributed by atoms with Gasteiger partial charge in [0.25, 0.3) is 0 Å². The van der Waals surface area contributed by atoms with E-state index in [9.17, 15) is 13.2 Å². The van der Waals surface area contributed by atoms with Crippen LogP contribution in [0.5, 0.6) is 5.75 Å². The second kappa shape index (κ2) is 8.30. The molecule has 1 aromatic heterocycles. The van der Waals surface area contributed by atoms with Gasteiger partial charge >= 0.3 is 6.03 Å². The van der Waals surface area contributed by atoms with Crippen LogP contribution in [-0.4, -0.2) is 38.0 Å². The number of ether oxygens (including phenoxy) is 1. The number of hydrogen-bond acceptors (Lipinski definition) is 5. The third-order valence-electron chi connectivity index (χ3n) is 3.02. The number of nitrogens with zero attached hydrogens (tertiary/aromatic N) is 1. The second-order valence-corrected chi connectivity index (χ2v) is 7.43. The number of urea groups is 1. The summed E-state index contributed by atoms with van der Waals surface area (Å²) in [6.07, 6.45) is 4.47. The summed E-state index contributed by atoms with van der Waals surface area (Å²) < 4.78 is 27.5. The third kappa shape index (κ3) is 6.66. The van der Waals surface area contributed by atoms with Crippen LogP contribution in [0.2, 0.25) is 0 Å². The third-order valence-corrected chi connectivity index (χ3v) is 3.93. The maximum absolute atomic E-state index is 11.9. The van der Waals surface area contributed by atoms with Gasteiger partial charge in [0.1, 0.15) is 12.4 Å². The smallest absolute Gasteiger partial charge is 0.319 e. The first-order valence-electron chi connectivity index (χ1n) is 7.27. The predicted octanol–water partition coefficient (Wildman–Crippen LogP) is 1.83. The van der Waals surface area contributed by atoms with E-state index in [2.05, 4.69) is 15.6 Å². The van der Waals surface area contributed by atoms with Crippen molar-refractivity contribution in [2.24, 2.45) is 0 Å². The molecule has 1 aromatic carbocycles. The Bertz CT molecular complexity index is 779. The first kappa shape index (κ1) is 17.7. The molecule has 128 valence electrons. The van der Waals surface area contributed by atoms with Crippen molar-refractivity contribution in [1.82, 2.24) is 10.3 Å². The number of pyridine rings is 1. The summed E-state index contributed by atoms with van der Waals surface area (Å²) in [5.41, 5.74) is 1.50. The highest BCUT2D eigenvalue weighted by molar-refractivity contribution is 7.90. The van der Waals surface area contributed by atoms with Gasteiger partial charge in [0.2, 0.25) is 0 Å². The van der Waals surface area contributed by atoms with Crippen molar-refractivity contribution in [3.05, 3.63) is 54.4 Å². The molecule has 0 unspecified atom stereocenters. The summed E-state index contributed by atoms with van der Waals surface area (Å²) in [6.45, 7) is 0.454. The lowest BCUT2D eigenvalue weighted by Gasteiger charge is -2.10. The Morgan fingerprint density at radius 2 is 1.96 bits per heavy atom. The lowest BCUT2D eigenvalue weighted by atomic mass is 10.3. The molecular weight excluding hydrogens is 330 g/mol. The quantitative estimate of drug-likeness (QED) is 0.795. The van der Waals surface area contributed by atoms with Gasteiger partial charge in [-0.2, -0.15) is 0 Å². The van der Waals surface area contributed by atoms with E-state index in [4.69, 9.17) is 4.74 Å². The number of hydrogen-bond donors (Lipinski definition) is 2. The van der Waals surface area contributed by atoms with Gasteiger partial charge in [-0.25, -0.2) is 13.2 Å². The van der Waals surface area contributed by atoms with Crippen molar-refractivity contribution in [3.63, 3.8) is 0 Å². The van der Waals surface area contributed by atoms with Crippen molar-refractivity contribution >= 4 is 21.6 Å². The van der Waals surface area contributed by atoms with Crippen LogP contribution in [0.15, 0.2) is 48.8 Å². The number of benzene rings is 1. The SMILES string of the molecule is CS(=O)(=O)CCOc1cccc(NC(=O)NCc2ccncc2)c1. The van der Waals surface area contributed by atoms with Crippen LogP contribution in [-0.2, 0) is 16.4 Å². The fourth-order valence-corrected chi connectivity index (χ4v) is 2.22. The maximum atomic E-state index is 11.9. The predicted molar refractivity (Wildman–Crippen MR) is 91.7 cm³/mol. The molecule has 0 aliphatic rings. The molecule has 1 heterocycles. The Balaban J connectivity index is 1.83. The number of carbonyl (C=O) groups is 1. The average molecular weight is 349 g/mol. The number of aromatic nitrogens is 1. The minimum absolute atomic E-state index is 0.0585. The number of carbonyl (C=O) groups excluding carboxylic acids is 1. The molecular formula is C16H19N3O4S.